The van der Waals surface area contributed by atoms with E-state index in [0.717, 1.165) is 13.1 Å². The lowest BCUT2D eigenvalue weighted by atomic mass is 9.93. The molecule has 0 aliphatic carbocycles. The topological polar surface area (TPSA) is 103 Å². The summed E-state index contributed by atoms with van der Waals surface area (Å²) < 4.78 is 19.7. The lowest BCUT2D eigenvalue weighted by molar-refractivity contribution is -0.140. The fraction of sp³-hybridized carbons (Fsp3) is 0.423. The minimum Gasteiger partial charge on any atom is -0.507 e. The molecule has 2 heterocycles. The zero-order chi connectivity index (χ0) is 25.9. The minimum absolute atomic E-state index is 0.120. The third kappa shape index (κ3) is 4.86. The van der Waals surface area contributed by atoms with Gasteiger partial charge in [0.2, 0.25) is 0 Å². The van der Waals surface area contributed by atoms with Crippen LogP contribution in [0.5, 0.6) is 0 Å². The van der Waals surface area contributed by atoms with E-state index < -0.39 is 35.3 Å². The van der Waals surface area contributed by atoms with E-state index in [4.69, 9.17) is 4.74 Å². The highest BCUT2D eigenvalue weighted by molar-refractivity contribution is 6.46. The number of benzene rings is 1. The number of halogens is 1. The molecule has 0 saturated carbocycles. The number of amides is 1. The number of nitrogens with zero attached hydrogens (tertiary/aromatic N) is 2. The number of rotatable bonds is 9. The number of hydrogen-bond acceptors (Lipinski definition) is 6. The highest BCUT2D eigenvalue weighted by Crippen LogP contribution is 2.41. The molecule has 3 rings (SSSR count). The van der Waals surface area contributed by atoms with Gasteiger partial charge in [-0.3, -0.25) is 9.59 Å². The number of H-pyrrole nitrogens is 1. The van der Waals surface area contributed by atoms with Crippen LogP contribution < -0.4 is 0 Å². The summed E-state index contributed by atoms with van der Waals surface area (Å²) in [4.78, 5) is 44.8. The summed E-state index contributed by atoms with van der Waals surface area (Å²) in [5.74, 6) is -3.36. The zero-order valence-electron chi connectivity index (χ0n) is 20.8. The van der Waals surface area contributed by atoms with Gasteiger partial charge in [0.1, 0.15) is 17.3 Å². The van der Waals surface area contributed by atoms with Crippen LogP contribution in [0.25, 0.3) is 5.76 Å². The lowest BCUT2D eigenvalue weighted by Crippen LogP contribution is -2.33. The molecule has 0 spiro atoms. The smallest absolute Gasteiger partial charge is 0.354 e. The Morgan fingerprint density at radius 3 is 2.46 bits per heavy atom. The van der Waals surface area contributed by atoms with E-state index in [2.05, 4.69) is 9.88 Å². The van der Waals surface area contributed by atoms with Crippen molar-refractivity contribution >= 4 is 23.4 Å². The molecule has 1 amide bonds. The van der Waals surface area contributed by atoms with Crippen molar-refractivity contribution in [3.05, 3.63) is 63.7 Å². The first-order chi connectivity index (χ1) is 16.7. The number of esters is 1. The number of likely N-dealkylation sites (tertiary alicyclic amines) is 1. The Balaban J connectivity index is 2.14. The molecule has 2 aromatic rings. The predicted octanol–water partition coefficient (Wildman–Crippen LogP) is 3.71. The van der Waals surface area contributed by atoms with Gasteiger partial charge < -0.3 is 24.6 Å². The number of aromatic amines is 1. The van der Waals surface area contributed by atoms with Crippen molar-refractivity contribution < 1.29 is 28.6 Å². The molecule has 1 fully saturated rings. The number of aliphatic hydroxyl groups excluding tert-OH is 1. The van der Waals surface area contributed by atoms with Gasteiger partial charge in [0.25, 0.3) is 11.7 Å². The Morgan fingerprint density at radius 2 is 1.86 bits per heavy atom. The molecule has 1 saturated heterocycles. The fourth-order valence-corrected chi connectivity index (χ4v) is 4.68. The molecule has 1 aliphatic heterocycles. The molecule has 35 heavy (non-hydrogen) atoms. The van der Waals surface area contributed by atoms with Crippen LogP contribution in [0.15, 0.2) is 29.8 Å². The largest absolute Gasteiger partial charge is 0.507 e. The quantitative estimate of drug-likeness (QED) is 0.243. The van der Waals surface area contributed by atoms with Crippen LogP contribution in [0, 0.1) is 19.7 Å². The summed E-state index contributed by atoms with van der Waals surface area (Å²) in [5, 5.41) is 11.3. The van der Waals surface area contributed by atoms with Gasteiger partial charge in [-0.2, -0.15) is 0 Å². The standard InChI is InChI=1S/C26H32FN3O5/c1-6-29(7-2)13-10-14-30-22(17-11-8-9-12-18(17)27)20(24(32)25(30)33)23(31)19-15(3)21(26(34)35-5)28-16(19)4/h8-9,11-12,22,28,31H,6-7,10,13-14H2,1-5H3/b23-20+/t22-/m1/s1. The molecule has 1 aromatic heterocycles. The van der Waals surface area contributed by atoms with Crippen molar-refractivity contribution in [2.75, 3.05) is 33.3 Å². The predicted molar refractivity (Wildman–Crippen MR) is 129 cm³/mol. The highest BCUT2D eigenvalue weighted by Gasteiger charge is 2.47. The average Bonchev–Trinajstić information content (AvgIpc) is 3.28. The van der Waals surface area contributed by atoms with Crippen LogP contribution >= 0.6 is 0 Å². The van der Waals surface area contributed by atoms with Gasteiger partial charge in [-0.15, -0.1) is 0 Å². The van der Waals surface area contributed by atoms with Gasteiger partial charge in [-0.1, -0.05) is 32.0 Å². The molecular weight excluding hydrogens is 453 g/mol. The van der Waals surface area contributed by atoms with Crippen molar-refractivity contribution in [2.24, 2.45) is 0 Å². The number of aliphatic hydroxyl groups is 1. The number of Topliss-reactive ketones (excluding diaryl/α,β-unsaturated/α-hetero) is 1. The number of aromatic nitrogens is 1. The number of methoxy groups -OCH3 is 1. The van der Waals surface area contributed by atoms with E-state index in [-0.39, 0.29) is 28.9 Å². The maximum Gasteiger partial charge on any atom is 0.354 e. The molecule has 0 unspecified atom stereocenters. The third-order valence-corrected chi connectivity index (χ3v) is 6.57. The minimum atomic E-state index is -1.09. The number of carbonyl (C=O) groups excluding carboxylic acids is 3. The highest BCUT2D eigenvalue weighted by atomic mass is 19.1. The molecule has 1 aromatic carbocycles. The van der Waals surface area contributed by atoms with Crippen LogP contribution in [0.2, 0.25) is 0 Å². The van der Waals surface area contributed by atoms with Crippen LogP contribution in [0.4, 0.5) is 4.39 Å². The maximum absolute atomic E-state index is 15.0. The normalized spacial score (nSPS) is 17.5. The second-order valence-corrected chi connectivity index (χ2v) is 8.51. The van der Waals surface area contributed by atoms with Crippen molar-refractivity contribution in [2.45, 2.75) is 40.2 Å². The summed E-state index contributed by atoms with van der Waals surface area (Å²) in [6.45, 7) is 9.93. The van der Waals surface area contributed by atoms with E-state index in [0.29, 0.717) is 24.2 Å². The first-order valence-corrected chi connectivity index (χ1v) is 11.7. The average molecular weight is 486 g/mol. The van der Waals surface area contributed by atoms with Crippen LogP contribution in [0.1, 0.15) is 59.2 Å². The number of ketones is 1. The fourth-order valence-electron chi connectivity index (χ4n) is 4.68. The molecule has 188 valence electrons. The van der Waals surface area contributed by atoms with Gasteiger partial charge in [-0.25, -0.2) is 9.18 Å². The number of hydrogen-bond donors (Lipinski definition) is 2. The van der Waals surface area contributed by atoms with Crippen LogP contribution in [-0.2, 0) is 14.3 Å². The summed E-state index contributed by atoms with van der Waals surface area (Å²) in [7, 11) is 1.24. The van der Waals surface area contributed by atoms with E-state index in [1.165, 1.54) is 30.2 Å². The second-order valence-electron chi connectivity index (χ2n) is 8.51. The number of ether oxygens (including phenoxy) is 1. The Labute approximate surface area is 204 Å². The maximum atomic E-state index is 15.0. The number of carbonyl (C=O) groups is 3. The molecule has 9 heteroatoms. The molecule has 2 N–H and O–H groups in total. The molecule has 0 bridgehead atoms. The van der Waals surface area contributed by atoms with E-state index in [9.17, 15) is 23.9 Å². The van der Waals surface area contributed by atoms with Gasteiger partial charge in [0, 0.05) is 23.4 Å². The van der Waals surface area contributed by atoms with Gasteiger partial charge in [0.15, 0.2) is 0 Å². The molecule has 1 aliphatic rings. The Morgan fingerprint density at radius 1 is 1.20 bits per heavy atom. The SMILES string of the molecule is CCN(CC)CCCN1C(=O)C(=O)/C(=C(/O)c2c(C)[nH]c(C(=O)OC)c2C)[C@H]1c1ccccc1F. The van der Waals surface area contributed by atoms with Crippen molar-refractivity contribution in [1.29, 1.82) is 0 Å². The lowest BCUT2D eigenvalue weighted by Gasteiger charge is -2.27. The molecular formula is C26H32FN3O5. The summed E-state index contributed by atoms with van der Waals surface area (Å²) >= 11 is 0. The van der Waals surface area contributed by atoms with E-state index in [1.807, 2.05) is 13.8 Å². The summed E-state index contributed by atoms with van der Waals surface area (Å²) in [6.07, 6.45) is 0.578. The van der Waals surface area contributed by atoms with Crippen LogP contribution in [-0.4, -0.2) is 70.8 Å². The molecule has 0 radical (unpaired) electrons. The second kappa shape index (κ2) is 10.9. The first-order valence-electron chi connectivity index (χ1n) is 11.7. The van der Waals surface area contributed by atoms with Gasteiger partial charge >= 0.3 is 5.97 Å². The Kier molecular flexibility index (Phi) is 8.11. The van der Waals surface area contributed by atoms with Crippen molar-refractivity contribution in [3.8, 4) is 0 Å². The third-order valence-electron chi connectivity index (χ3n) is 6.57. The van der Waals surface area contributed by atoms with Crippen molar-refractivity contribution in [1.82, 2.24) is 14.8 Å². The monoisotopic (exact) mass is 485 g/mol. The van der Waals surface area contributed by atoms with Gasteiger partial charge in [-0.05, 0) is 51.5 Å². The van der Waals surface area contributed by atoms with E-state index >= 15 is 0 Å². The van der Waals surface area contributed by atoms with Crippen molar-refractivity contribution in [3.63, 3.8) is 0 Å². The molecule has 1 atom stereocenters. The summed E-state index contributed by atoms with van der Waals surface area (Å²) in [5.41, 5.74) is 1.04. The van der Waals surface area contributed by atoms with Gasteiger partial charge in [0.05, 0.1) is 18.7 Å². The first kappa shape index (κ1) is 26.2. The van der Waals surface area contributed by atoms with E-state index in [1.54, 1.807) is 19.9 Å². The molecule has 8 nitrogen and oxygen atoms in total. The Bertz CT molecular complexity index is 1170. The Hall–Kier alpha value is -3.46. The number of nitrogens with one attached hydrogen (secondary N) is 1. The summed E-state index contributed by atoms with van der Waals surface area (Å²) in [6, 6.07) is 4.81. The van der Waals surface area contributed by atoms with Crippen LogP contribution in [0.3, 0.4) is 0 Å². The number of aryl methyl sites for hydroxylation is 1. The zero-order valence-corrected chi connectivity index (χ0v) is 20.8.